The molecule has 0 radical (unpaired) electrons. The van der Waals surface area contributed by atoms with Gasteiger partial charge in [-0.3, -0.25) is 14.5 Å². The van der Waals surface area contributed by atoms with Gasteiger partial charge in [-0.15, -0.1) is 0 Å². The van der Waals surface area contributed by atoms with Crippen LogP contribution in [0, 0.1) is 5.82 Å². The summed E-state index contributed by atoms with van der Waals surface area (Å²) in [5, 5.41) is 1.28. The van der Waals surface area contributed by atoms with Crippen molar-refractivity contribution in [3.05, 3.63) is 105 Å². The van der Waals surface area contributed by atoms with E-state index in [9.17, 15) is 14.0 Å². The van der Waals surface area contributed by atoms with Crippen LogP contribution in [0.5, 0.6) is 0 Å². The van der Waals surface area contributed by atoms with Crippen LogP contribution in [-0.2, 0) is 0 Å². The smallest absolute Gasteiger partial charge is 0.297 e. The fourth-order valence-electron chi connectivity index (χ4n) is 4.10. The van der Waals surface area contributed by atoms with Gasteiger partial charge in [0, 0.05) is 5.02 Å². The molecular formula is C24H12ClFN2O3S. The summed E-state index contributed by atoms with van der Waals surface area (Å²) in [7, 11) is 0. The fraction of sp³-hybridized carbons (Fsp3) is 0.0417. The van der Waals surface area contributed by atoms with Crippen molar-refractivity contribution in [3.8, 4) is 0 Å². The number of hydrogen-bond donors (Lipinski definition) is 0. The van der Waals surface area contributed by atoms with Crippen LogP contribution >= 0.6 is 22.9 Å². The van der Waals surface area contributed by atoms with Gasteiger partial charge in [-0.2, -0.15) is 0 Å². The summed E-state index contributed by atoms with van der Waals surface area (Å²) in [5.74, 6) is -1.02. The zero-order chi connectivity index (χ0) is 22.0. The average Bonchev–Trinajstić information content (AvgIpc) is 3.32. The first kappa shape index (κ1) is 19.2. The number of hydrogen-bond acceptors (Lipinski definition) is 5. The van der Waals surface area contributed by atoms with Gasteiger partial charge in [0.05, 0.1) is 27.2 Å². The van der Waals surface area contributed by atoms with Crippen molar-refractivity contribution in [1.82, 2.24) is 4.98 Å². The van der Waals surface area contributed by atoms with E-state index in [1.54, 1.807) is 54.6 Å². The minimum absolute atomic E-state index is 0.0553. The molecule has 0 bridgehead atoms. The predicted octanol–water partition coefficient (Wildman–Crippen LogP) is 5.95. The van der Waals surface area contributed by atoms with Crippen LogP contribution in [-0.4, -0.2) is 10.9 Å². The maximum Gasteiger partial charge on any atom is 0.297 e. The Kier molecular flexibility index (Phi) is 4.18. The third-order valence-corrected chi connectivity index (χ3v) is 6.74. The van der Waals surface area contributed by atoms with E-state index in [1.165, 1.54) is 28.4 Å². The second kappa shape index (κ2) is 6.98. The lowest BCUT2D eigenvalue weighted by Crippen LogP contribution is -2.29. The number of fused-ring (bicyclic) bond motifs is 3. The topological polar surface area (TPSA) is 63.4 Å². The number of benzene rings is 3. The van der Waals surface area contributed by atoms with E-state index in [-0.39, 0.29) is 16.8 Å². The van der Waals surface area contributed by atoms with Crippen molar-refractivity contribution in [2.45, 2.75) is 6.04 Å². The Bertz CT molecular complexity index is 1630. The summed E-state index contributed by atoms with van der Waals surface area (Å²) < 4.78 is 20.8. The number of amides is 1. The minimum Gasteiger partial charge on any atom is -0.450 e. The molecule has 1 aliphatic heterocycles. The molecule has 156 valence electrons. The van der Waals surface area contributed by atoms with Gasteiger partial charge in [0.25, 0.3) is 5.91 Å². The molecule has 2 aromatic heterocycles. The van der Waals surface area contributed by atoms with E-state index in [2.05, 4.69) is 4.98 Å². The first-order chi connectivity index (χ1) is 15.5. The molecule has 0 N–H and O–H groups in total. The highest BCUT2D eigenvalue weighted by atomic mass is 35.5. The Morgan fingerprint density at radius 2 is 1.88 bits per heavy atom. The van der Waals surface area contributed by atoms with Crippen molar-refractivity contribution in [1.29, 1.82) is 0 Å². The molecule has 1 amide bonds. The van der Waals surface area contributed by atoms with E-state index in [0.717, 1.165) is 4.70 Å². The molecule has 3 heterocycles. The number of aromatic nitrogens is 1. The number of halogens is 2. The highest BCUT2D eigenvalue weighted by molar-refractivity contribution is 7.22. The Hall–Kier alpha value is -3.55. The molecule has 0 saturated heterocycles. The standard InChI is InChI=1S/C24H12ClFN2O3S/c25-13-8-9-16-18(11-13)32-24(27-16)28-20(12-4-3-5-14(26)10-12)19-21(29)15-6-1-2-7-17(15)31-22(19)23(28)30/h1-11,20H/t20-/m1/s1. The molecule has 0 saturated carbocycles. The lowest BCUT2D eigenvalue weighted by atomic mass is 9.98. The third-order valence-electron chi connectivity index (χ3n) is 5.49. The van der Waals surface area contributed by atoms with Gasteiger partial charge in [0.2, 0.25) is 5.76 Å². The monoisotopic (exact) mass is 462 g/mol. The summed E-state index contributed by atoms with van der Waals surface area (Å²) in [6.45, 7) is 0. The number of rotatable bonds is 2. The number of para-hydroxylation sites is 1. The van der Waals surface area contributed by atoms with Gasteiger partial charge >= 0.3 is 0 Å². The molecular weight excluding hydrogens is 451 g/mol. The summed E-state index contributed by atoms with van der Waals surface area (Å²) in [6, 6.07) is 17.0. The van der Waals surface area contributed by atoms with E-state index >= 15 is 0 Å². The molecule has 6 rings (SSSR count). The van der Waals surface area contributed by atoms with E-state index in [1.807, 2.05) is 0 Å². The molecule has 0 aliphatic carbocycles. The second-order valence-electron chi connectivity index (χ2n) is 7.41. The van der Waals surface area contributed by atoms with Gasteiger partial charge in [0.1, 0.15) is 11.4 Å². The fourth-order valence-corrected chi connectivity index (χ4v) is 5.37. The Morgan fingerprint density at radius 3 is 2.72 bits per heavy atom. The zero-order valence-corrected chi connectivity index (χ0v) is 17.8. The summed E-state index contributed by atoms with van der Waals surface area (Å²) in [4.78, 5) is 33.0. The molecule has 1 atom stereocenters. The van der Waals surface area contributed by atoms with Crippen LogP contribution in [0.1, 0.15) is 27.7 Å². The summed E-state index contributed by atoms with van der Waals surface area (Å²) >= 11 is 7.38. The van der Waals surface area contributed by atoms with Crippen LogP contribution < -0.4 is 10.3 Å². The van der Waals surface area contributed by atoms with E-state index in [4.69, 9.17) is 16.0 Å². The summed E-state index contributed by atoms with van der Waals surface area (Å²) in [5.41, 5.74) is 1.30. The van der Waals surface area contributed by atoms with Crippen molar-refractivity contribution < 1.29 is 13.6 Å². The van der Waals surface area contributed by atoms with Crippen LogP contribution in [0.2, 0.25) is 5.02 Å². The summed E-state index contributed by atoms with van der Waals surface area (Å²) in [6.07, 6.45) is 0. The van der Waals surface area contributed by atoms with E-state index in [0.29, 0.717) is 32.2 Å². The van der Waals surface area contributed by atoms with Crippen LogP contribution in [0.3, 0.4) is 0 Å². The number of thiazole rings is 1. The Morgan fingerprint density at radius 1 is 1.03 bits per heavy atom. The largest absolute Gasteiger partial charge is 0.450 e. The second-order valence-corrected chi connectivity index (χ2v) is 8.86. The molecule has 32 heavy (non-hydrogen) atoms. The third kappa shape index (κ3) is 2.78. The Labute approximate surface area is 189 Å². The van der Waals surface area contributed by atoms with Gasteiger partial charge in [-0.05, 0) is 48.0 Å². The lowest BCUT2D eigenvalue weighted by Gasteiger charge is -2.22. The number of carbonyl (C=O) groups excluding carboxylic acids is 1. The first-order valence-electron chi connectivity index (χ1n) is 9.72. The maximum absolute atomic E-state index is 14.2. The molecule has 1 aliphatic rings. The molecule has 0 unspecified atom stereocenters. The normalized spacial score (nSPS) is 15.6. The Balaban J connectivity index is 1.65. The number of anilines is 1. The minimum atomic E-state index is -0.870. The SMILES string of the molecule is O=C1c2oc3ccccc3c(=O)c2[C@@H](c2cccc(F)c2)N1c1nc2ccc(Cl)cc2s1. The highest BCUT2D eigenvalue weighted by Gasteiger charge is 2.45. The predicted molar refractivity (Wildman–Crippen MR) is 122 cm³/mol. The molecule has 5 aromatic rings. The number of carbonyl (C=O) groups is 1. The van der Waals surface area contributed by atoms with Gasteiger partial charge in [-0.25, -0.2) is 9.37 Å². The average molecular weight is 463 g/mol. The zero-order valence-electron chi connectivity index (χ0n) is 16.2. The van der Waals surface area contributed by atoms with Crippen LogP contribution in [0.15, 0.2) is 75.9 Å². The van der Waals surface area contributed by atoms with Crippen LogP contribution in [0.25, 0.3) is 21.2 Å². The van der Waals surface area contributed by atoms with Gasteiger partial charge in [0.15, 0.2) is 10.6 Å². The van der Waals surface area contributed by atoms with Crippen molar-refractivity contribution in [3.63, 3.8) is 0 Å². The van der Waals surface area contributed by atoms with E-state index < -0.39 is 17.8 Å². The molecule has 5 nitrogen and oxygen atoms in total. The van der Waals surface area contributed by atoms with Gasteiger partial charge < -0.3 is 4.42 Å². The molecule has 8 heteroatoms. The van der Waals surface area contributed by atoms with Crippen molar-refractivity contribution in [2.24, 2.45) is 0 Å². The van der Waals surface area contributed by atoms with Crippen LogP contribution in [0.4, 0.5) is 9.52 Å². The quantitative estimate of drug-likeness (QED) is 0.325. The number of nitrogens with zero attached hydrogens (tertiary/aromatic N) is 2. The molecule has 0 spiro atoms. The van der Waals surface area contributed by atoms with Gasteiger partial charge in [-0.1, -0.05) is 47.2 Å². The lowest BCUT2D eigenvalue weighted by molar-refractivity contribution is 0.0971. The van der Waals surface area contributed by atoms with Crippen molar-refractivity contribution in [2.75, 3.05) is 4.90 Å². The highest BCUT2D eigenvalue weighted by Crippen LogP contribution is 2.43. The molecule has 3 aromatic carbocycles. The van der Waals surface area contributed by atoms with Crippen molar-refractivity contribution >= 4 is 55.2 Å². The first-order valence-corrected chi connectivity index (χ1v) is 10.9. The molecule has 0 fully saturated rings. The maximum atomic E-state index is 14.2.